The maximum atomic E-state index is 12.8. The first-order chi connectivity index (χ1) is 13.2. The largest absolute Gasteiger partial charge is 0.457 e. The van der Waals surface area contributed by atoms with Crippen molar-refractivity contribution in [3.05, 3.63) is 83.9 Å². The Bertz CT molecular complexity index is 999. The molecule has 4 rings (SSSR count). The van der Waals surface area contributed by atoms with Crippen LogP contribution in [0, 0.1) is 0 Å². The fourth-order valence-electron chi connectivity index (χ4n) is 3.02. The molecular formula is C22H18N2O3. The molecule has 1 aliphatic rings. The van der Waals surface area contributed by atoms with E-state index in [0.717, 1.165) is 11.3 Å². The van der Waals surface area contributed by atoms with E-state index in [2.05, 4.69) is 10.6 Å². The second-order valence-corrected chi connectivity index (χ2v) is 6.29. The van der Waals surface area contributed by atoms with Gasteiger partial charge in [-0.15, -0.1) is 0 Å². The van der Waals surface area contributed by atoms with E-state index >= 15 is 0 Å². The number of para-hydroxylation sites is 2. The minimum atomic E-state index is -0.249. The van der Waals surface area contributed by atoms with Gasteiger partial charge in [0, 0.05) is 17.8 Å². The highest BCUT2D eigenvalue weighted by Gasteiger charge is 2.17. The molecule has 0 unspecified atom stereocenters. The van der Waals surface area contributed by atoms with Crippen LogP contribution in [0.2, 0.25) is 0 Å². The van der Waals surface area contributed by atoms with E-state index in [4.69, 9.17) is 4.74 Å². The van der Waals surface area contributed by atoms with Crippen molar-refractivity contribution in [1.29, 1.82) is 0 Å². The molecule has 0 aliphatic carbocycles. The summed E-state index contributed by atoms with van der Waals surface area (Å²) in [7, 11) is 0. The van der Waals surface area contributed by atoms with Gasteiger partial charge in [0.2, 0.25) is 5.91 Å². The third-order valence-corrected chi connectivity index (χ3v) is 4.36. The van der Waals surface area contributed by atoms with Crippen LogP contribution in [0.4, 0.5) is 11.4 Å². The lowest BCUT2D eigenvalue weighted by Gasteiger charge is -2.18. The number of hydrogen-bond donors (Lipinski definition) is 2. The zero-order valence-electron chi connectivity index (χ0n) is 14.6. The molecule has 5 nitrogen and oxygen atoms in total. The van der Waals surface area contributed by atoms with Gasteiger partial charge < -0.3 is 15.4 Å². The Morgan fingerprint density at radius 1 is 0.926 bits per heavy atom. The Morgan fingerprint density at radius 2 is 1.70 bits per heavy atom. The molecule has 0 aromatic heterocycles. The number of carbonyl (C=O) groups is 2. The van der Waals surface area contributed by atoms with Crippen LogP contribution in [0.5, 0.6) is 11.5 Å². The number of ether oxygens (including phenoxy) is 1. The molecule has 2 amide bonds. The molecule has 0 bridgehead atoms. The van der Waals surface area contributed by atoms with Gasteiger partial charge in [-0.1, -0.05) is 30.3 Å². The van der Waals surface area contributed by atoms with Gasteiger partial charge in [0.05, 0.1) is 5.56 Å². The molecule has 27 heavy (non-hydrogen) atoms. The predicted octanol–water partition coefficient (Wildman–Crippen LogP) is 4.62. The van der Waals surface area contributed by atoms with E-state index in [1.54, 1.807) is 24.3 Å². The number of aryl methyl sites for hydroxylation is 1. The summed E-state index contributed by atoms with van der Waals surface area (Å²) in [5, 5.41) is 5.75. The second kappa shape index (κ2) is 7.33. The van der Waals surface area contributed by atoms with Crippen LogP contribution in [0.25, 0.3) is 0 Å². The van der Waals surface area contributed by atoms with Crippen molar-refractivity contribution < 1.29 is 14.3 Å². The van der Waals surface area contributed by atoms with Crippen LogP contribution in [-0.2, 0) is 11.2 Å². The number of fused-ring (bicyclic) bond motifs is 1. The Hall–Kier alpha value is -3.60. The number of nitrogens with one attached hydrogen (secondary N) is 2. The zero-order valence-corrected chi connectivity index (χ0v) is 14.6. The molecule has 3 aromatic rings. The first-order valence-corrected chi connectivity index (χ1v) is 8.75. The molecule has 2 N–H and O–H groups in total. The van der Waals surface area contributed by atoms with Gasteiger partial charge in [-0.05, 0) is 54.4 Å². The lowest BCUT2D eigenvalue weighted by atomic mass is 10.0. The maximum Gasteiger partial charge on any atom is 0.259 e. The van der Waals surface area contributed by atoms with E-state index in [-0.39, 0.29) is 11.8 Å². The molecule has 0 fully saturated rings. The molecule has 1 aliphatic heterocycles. The molecule has 134 valence electrons. The molecule has 3 aromatic carbocycles. The second-order valence-electron chi connectivity index (χ2n) is 6.29. The molecular weight excluding hydrogens is 340 g/mol. The summed E-state index contributed by atoms with van der Waals surface area (Å²) in [6, 6.07) is 22.0. The first-order valence-electron chi connectivity index (χ1n) is 8.75. The average Bonchev–Trinajstić information content (AvgIpc) is 2.69. The van der Waals surface area contributed by atoms with Crippen LogP contribution in [0.3, 0.4) is 0 Å². The maximum absolute atomic E-state index is 12.8. The van der Waals surface area contributed by atoms with E-state index in [1.807, 2.05) is 48.5 Å². The summed E-state index contributed by atoms with van der Waals surface area (Å²) in [4.78, 5) is 24.3. The zero-order chi connectivity index (χ0) is 18.6. The van der Waals surface area contributed by atoms with Crippen LogP contribution in [0.15, 0.2) is 72.8 Å². The smallest absolute Gasteiger partial charge is 0.259 e. The predicted molar refractivity (Wildman–Crippen MR) is 104 cm³/mol. The van der Waals surface area contributed by atoms with Crippen molar-refractivity contribution in [3.8, 4) is 11.5 Å². The summed E-state index contributed by atoms with van der Waals surface area (Å²) in [5.41, 5.74) is 2.95. The van der Waals surface area contributed by atoms with Crippen molar-refractivity contribution >= 4 is 23.2 Å². The Kier molecular flexibility index (Phi) is 4.58. The van der Waals surface area contributed by atoms with Crippen LogP contribution in [0.1, 0.15) is 22.3 Å². The van der Waals surface area contributed by atoms with E-state index < -0.39 is 0 Å². The highest BCUT2D eigenvalue weighted by Crippen LogP contribution is 2.28. The first kappa shape index (κ1) is 16.8. The van der Waals surface area contributed by atoms with E-state index in [1.165, 1.54) is 0 Å². The quantitative estimate of drug-likeness (QED) is 0.715. The van der Waals surface area contributed by atoms with Crippen molar-refractivity contribution in [2.24, 2.45) is 0 Å². The minimum Gasteiger partial charge on any atom is -0.457 e. The Morgan fingerprint density at radius 3 is 2.56 bits per heavy atom. The number of benzene rings is 3. The van der Waals surface area contributed by atoms with Crippen LogP contribution < -0.4 is 15.4 Å². The van der Waals surface area contributed by atoms with Gasteiger partial charge in [0.15, 0.2) is 0 Å². The topological polar surface area (TPSA) is 67.4 Å². The molecule has 1 heterocycles. The number of hydrogen-bond acceptors (Lipinski definition) is 3. The monoisotopic (exact) mass is 358 g/mol. The summed E-state index contributed by atoms with van der Waals surface area (Å²) in [5.74, 6) is 0.932. The Balaban J connectivity index is 1.54. The van der Waals surface area contributed by atoms with Gasteiger partial charge in [0.25, 0.3) is 5.91 Å². The molecule has 0 saturated heterocycles. The third-order valence-electron chi connectivity index (χ3n) is 4.36. The lowest BCUT2D eigenvalue weighted by molar-refractivity contribution is -0.116. The van der Waals surface area contributed by atoms with Gasteiger partial charge in [-0.2, -0.15) is 0 Å². The fraction of sp³-hybridized carbons (Fsp3) is 0.0909. The summed E-state index contributed by atoms with van der Waals surface area (Å²) in [6.45, 7) is 0. The van der Waals surface area contributed by atoms with Crippen molar-refractivity contribution in [2.75, 3.05) is 10.6 Å². The standard InChI is InChI=1S/C22H18N2O3/c25-21-13-10-15-14-16(11-12-19(15)24-21)23-22(26)18-8-4-5-9-20(18)27-17-6-2-1-3-7-17/h1-9,11-12,14H,10,13H2,(H,23,26)(H,24,25). The van der Waals surface area contributed by atoms with Crippen molar-refractivity contribution in [2.45, 2.75) is 12.8 Å². The molecule has 5 heteroatoms. The number of rotatable bonds is 4. The van der Waals surface area contributed by atoms with Gasteiger partial charge in [-0.3, -0.25) is 9.59 Å². The SMILES string of the molecule is O=C1CCc2cc(NC(=O)c3ccccc3Oc3ccccc3)ccc2N1. The van der Waals surface area contributed by atoms with Crippen molar-refractivity contribution in [1.82, 2.24) is 0 Å². The summed E-state index contributed by atoms with van der Waals surface area (Å²) < 4.78 is 5.86. The van der Waals surface area contributed by atoms with Crippen LogP contribution in [-0.4, -0.2) is 11.8 Å². The number of anilines is 2. The van der Waals surface area contributed by atoms with Gasteiger partial charge in [0.1, 0.15) is 11.5 Å². The lowest BCUT2D eigenvalue weighted by Crippen LogP contribution is -2.19. The van der Waals surface area contributed by atoms with Crippen LogP contribution >= 0.6 is 0 Å². The van der Waals surface area contributed by atoms with E-state index in [0.29, 0.717) is 35.6 Å². The Labute approximate surface area is 157 Å². The normalized spacial score (nSPS) is 12.7. The fourth-order valence-corrected chi connectivity index (χ4v) is 3.02. The summed E-state index contributed by atoms with van der Waals surface area (Å²) in [6.07, 6.45) is 1.12. The number of carbonyl (C=O) groups excluding carboxylic acids is 2. The third kappa shape index (κ3) is 3.82. The minimum absolute atomic E-state index is 0.0197. The molecule has 0 spiro atoms. The van der Waals surface area contributed by atoms with Gasteiger partial charge >= 0.3 is 0 Å². The van der Waals surface area contributed by atoms with Crippen molar-refractivity contribution in [3.63, 3.8) is 0 Å². The highest BCUT2D eigenvalue weighted by molar-refractivity contribution is 6.06. The molecule has 0 saturated carbocycles. The number of amides is 2. The molecule has 0 radical (unpaired) electrons. The highest BCUT2D eigenvalue weighted by atomic mass is 16.5. The molecule has 0 atom stereocenters. The van der Waals surface area contributed by atoms with E-state index in [9.17, 15) is 9.59 Å². The summed E-state index contributed by atoms with van der Waals surface area (Å²) >= 11 is 0. The van der Waals surface area contributed by atoms with Gasteiger partial charge in [-0.25, -0.2) is 0 Å². The average molecular weight is 358 g/mol.